The van der Waals surface area contributed by atoms with Crippen molar-refractivity contribution in [3.8, 4) is 5.75 Å². The van der Waals surface area contributed by atoms with Gasteiger partial charge < -0.3 is 4.74 Å². The van der Waals surface area contributed by atoms with Gasteiger partial charge in [0.1, 0.15) is 23.7 Å². The second-order valence-corrected chi connectivity index (χ2v) is 7.86. The predicted octanol–water partition coefficient (Wildman–Crippen LogP) is 5.38. The smallest absolute Gasteiger partial charge is 0.336 e. The molecule has 0 radical (unpaired) electrons. The van der Waals surface area contributed by atoms with Crippen molar-refractivity contribution in [1.82, 2.24) is 5.32 Å². The van der Waals surface area contributed by atoms with E-state index < -0.39 is 23.7 Å². The average molecular weight is 485 g/mol. The number of nitrogens with one attached hydrogen (secondary N) is 1. The Morgan fingerprint density at radius 3 is 2.39 bits per heavy atom. The van der Waals surface area contributed by atoms with Crippen LogP contribution in [0.5, 0.6) is 5.75 Å². The van der Waals surface area contributed by atoms with Crippen LogP contribution in [0.1, 0.15) is 11.1 Å². The molecule has 1 aliphatic heterocycles. The van der Waals surface area contributed by atoms with Gasteiger partial charge in [-0.1, -0.05) is 53.5 Å². The molecule has 3 aromatic carbocycles. The van der Waals surface area contributed by atoms with Gasteiger partial charge in [0.15, 0.2) is 0 Å². The fourth-order valence-corrected chi connectivity index (χ4v) is 3.51. The van der Waals surface area contributed by atoms with E-state index in [1.807, 2.05) is 17.4 Å². The number of benzene rings is 3. The molecule has 0 bridgehead atoms. The van der Waals surface area contributed by atoms with Crippen LogP contribution >= 0.6 is 23.2 Å². The van der Waals surface area contributed by atoms with Crippen LogP contribution in [0.4, 0.5) is 14.9 Å². The number of ether oxygens (including phenoxy) is 1. The van der Waals surface area contributed by atoms with E-state index in [-0.39, 0.29) is 22.9 Å². The number of carbonyl (C=O) groups excluding carboxylic acids is 3. The molecule has 3 aromatic rings. The standard InChI is InChI=1S/C24H15Cl2FN2O4/c25-16-8-5-14(6-9-16)13-33-21-10-7-15(12-18(21)26)11-17-22(30)28-24(32)29(23(17)31)20-4-2-1-3-19(20)27/h1-12H,13H2,(H,28,30,32)/b17-11-. The number of para-hydroxylation sites is 1. The van der Waals surface area contributed by atoms with Gasteiger partial charge in [0.2, 0.25) is 0 Å². The van der Waals surface area contributed by atoms with Gasteiger partial charge in [0.05, 0.1) is 10.7 Å². The summed E-state index contributed by atoms with van der Waals surface area (Å²) in [6.45, 7) is 0.262. The van der Waals surface area contributed by atoms with Crippen molar-refractivity contribution in [2.24, 2.45) is 0 Å². The molecular formula is C24H15Cl2FN2O4. The topological polar surface area (TPSA) is 75.7 Å². The number of hydrogen-bond acceptors (Lipinski definition) is 4. The second-order valence-electron chi connectivity index (χ2n) is 7.01. The number of amides is 4. The molecule has 0 aliphatic carbocycles. The van der Waals surface area contributed by atoms with E-state index in [1.54, 1.807) is 24.3 Å². The second kappa shape index (κ2) is 9.44. The Hall–Kier alpha value is -3.68. The predicted molar refractivity (Wildman–Crippen MR) is 123 cm³/mol. The molecule has 1 fully saturated rings. The number of carbonyl (C=O) groups is 3. The highest BCUT2D eigenvalue weighted by molar-refractivity contribution is 6.39. The zero-order valence-electron chi connectivity index (χ0n) is 16.8. The fourth-order valence-electron chi connectivity index (χ4n) is 3.14. The van der Waals surface area contributed by atoms with Crippen molar-refractivity contribution in [1.29, 1.82) is 0 Å². The number of urea groups is 1. The van der Waals surface area contributed by atoms with E-state index >= 15 is 0 Å². The van der Waals surface area contributed by atoms with Gasteiger partial charge in [-0.25, -0.2) is 14.1 Å². The summed E-state index contributed by atoms with van der Waals surface area (Å²) in [7, 11) is 0. The molecule has 0 atom stereocenters. The molecule has 1 heterocycles. The van der Waals surface area contributed by atoms with Crippen LogP contribution in [0.2, 0.25) is 10.0 Å². The summed E-state index contributed by atoms with van der Waals surface area (Å²) in [5, 5.41) is 2.92. The van der Waals surface area contributed by atoms with E-state index in [2.05, 4.69) is 0 Å². The number of halogens is 3. The highest BCUT2D eigenvalue weighted by atomic mass is 35.5. The Kier molecular flexibility index (Phi) is 6.44. The first kappa shape index (κ1) is 22.5. The van der Waals surface area contributed by atoms with Crippen molar-refractivity contribution in [3.05, 3.63) is 99.3 Å². The molecule has 9 heteroatoms. The normalized spacial score (nSPS) is 15.1. The summed E-state index contributed by atoms with van der Waals surface area (Å²) in [6.07, 6.45) is 1.27. The van der Waals surface area contributed by atoms with Gasteiger partial charge in [-0.15, -0.1) is 0 Å². The van der Waals surface area contributed by atoms with E-state index in [1.165, 1.54) is 30.3 Å². The van der Waals surface area contributed by atoms with Crippen LogP contribution in [0, 0.1) is 5.82 Å². The number of hydrogen-bond donors (Lipinski definition) is 1. The van der Waals surface area contributed by atoms with Crippen molar-refractivity contribution >= 4 is 52.8 Å². The number of rotatable bonds is 5. The lowest BCUT2D eigenvalue weighted by atomic mass is 10.1. The summed E-state index contributed by atoms with van der Waals surface area (Å²) >= 11 is 12.2. The van der Waals surface area contributed by atoms with Crippen LogP contribution < -0.4 is 15.0 Å². The summed E-state index contributed by atoms with van der Waals surface area (Å²) in [5.41, 5.74) is 0.704. The highest BCUT2D eigenvalue weighted by Crippen LogP contribution is 2.29. The Labute approximate surface area is 198 Å². The third kappa shape index (κ3) is 4.89. The van der Waals surface area contributed by atoms with Crippen molar-refractivity contribution in [3.63, 3.8) is 0 Å². The first-order chi connectivity index (χ1) is 15.8. The summed E-state index contributed by atoms with van der Waals surface area (Å²) in [5.74, 6) is -2.22. The zero-order chi connectivity index (χ0) is 23.5. The minimum atomic E-state index is -1.03. The molecule has 4 rings (SSSR count). The van der Waals surface area contributed by atoms with E-state index in [9.17, 15) is 18.8 Å². The molecule has 1 saturated heterocycles. The number of barbiturate groups is 1. The third-order valence-corrected chi connectivity index (χ3v) is 5.32. The van der Waals surface area contributed by atoms with Gasteiger partial charge in [0.25, 0.3) is 11.8 Å². The van der Waals surface area contributed by atoms with E-state index in [0.29, 0.717) is 21.2 Å². The van der Waals surface area contributed by atoms with Crippen LogP contribution in [0.15, 0.2) is 72.3 Å². The quantitative estimate of drug-likeness (QED) is 0.389. The van der Waals surface area contributed by atoms with Gasteiger partial charge in [-0.3, -0.25) is 14.9 Å². The maximum absolute atomic E-state index is 14.2. The van der Waals surface area contributed by atoms with Gasteiger partial charge in [-0.05, 0) is 53.6 Å². The molecule has 0 spiro atoms. The van der Waals surface area contributed by atoms with Crippen LogP contribution in [-0.2, 0) is 16.2 Å². The van der Waals surface area contributed by atoms with E-state index in [4.69, 9.17) is 27.9 Å². The highest BCUT2D eigenvalue weighted by Gasteiger charge is 2.37. The third-order valence-electron chi connectivity index (χ3n) is 4.77. The minimum Gasteiger partial charge on any atom is -0.487 e. The van der Waals surface area contributed by atoms with Crippen molar-refractivity contribution in [2.45, 2.75) is 6.61 Å². The minimum absolute atomic E-state index is 0.254. The average Bonchev–Trinajstić information content (AvgIpc) is 2.78. The van der Waals surface area contributed by atoms with Crippen LogP contribution in [-0.4, -0.2) is 17.8 Å². The first-order valence-corrected chi connectivity index (χ1v) is 10.4. The lowest BCUT2D eigenvalue weighted by Crippen LogP contribution is -2.54. The number of anilines is 1. The summed E-state index contributed by atoms with van der Waals surface area (Å²) in [6, 6.07) is 16.1. The molecular weight excluding hydrogens is 470 g/mol. The molecule has 0 aromatic heterocycles. The molecule has 6 nitrogen and oxygen atoms in total. The number of nitrogens with zero attached hydrogens (tertiary/aromatic N) is 1. The Bertz CT molecular complexity index is 1290. The maximum atomic E-state index is 14.2. The SMILES string of the molecule is O=C1NC(=O)N(c2ccccc2F)C(=O)/C1=C\c1ccc(OCc2ccc(Cl)cc2)c(Cl)c1. The van der Waals surface area contributed by atoms with Gasteiger partial charge in [0, 0.05) is 5.02 Å². The molecule has 166 valence electrons. The van der Waals surface area contributed by atoms with Gasteiger partial charge in [-0.2, -0.15) is 0 Å². The molecule has 0 unspecified atom stereocenters. The summed E-state index contributed by atoms with van der Waals surface area (Å²) < 4.78 is 19.9. The molecule has 33 heavy (non-hydrogen) atoms. The lowest BCUT2D eigenvalue weighted by molar-refractivity contribution is -0.122. The van der Waals surface area contributed by atoms with Crippen molar-refractivity contribution in [2.75, 3.05) is 4.90 Å². The lowest BCUT2D eigenvalue weighted by Gasteiger charge is -2.26. The number of imide groups is 2. The van der Waals surface area contributed by atoms with E-state index in [0.717, 1.165) is 11.6 Å². The van der Waals surface area contributed by atoms with Crippen molar-refractivity contribution < 1.29 is 23.5 Å². The van der Waals surface area contributed by atoms with Crippen LogP contribution in [0.25, 0.3) is 6.08 Å². The molecule has 0 saturated carbocycles. The maximum Gasteiger partial charge on any atom is 0.336 e. The Morgan fingerprint density at radius 2 is 1.70 bits per heavy atom. The zero-order valence-corrected chi connectivity index (χ0v) is 18.4. The molecule has 1 N–H and O–H groups in total. The Balaban J connectivity index is 1.57. The van der Waals surface area contributed by atoms with Gasteiger partial charge >= 0.3 is 6.03 Å². The van der Waals surface area contributed by atoms with Crippen LogP contribution in [0.3, 0.4) is 0 Å². The fraction of sp³-hybridized carbons (Fsp3) is 0.0417. The monoisotopic (exact) mass is 484 g/mol. The summed E-state index contributed by atoms with van der Waals surface area (Å²) in [4.78, 5) is 38.0. The molecule has 4 amide bonds. The Morgan fingerprint density at radius 1 is 0.970 bits per heavy atom. The molecule has 1 aliphatic rings. The first-order valence-electron chi connectivity index (χ1n) is 9.66. The largest absolute Gasteiger partial charge is 0.487 e.